The number of nitrogens with zero attached hydrogens (tertiary/aromatic N) is 2. The van der Waals surface area contributed by atoms with Gasteiger partial charge in [-0.2, -0.15) is 5.26 Å². The van der Waals surface area contributed by atoms with Crippen LogP contribution in [0, 0.1) is 21.4 Å². The molecule has 2 aromatic rings. The fourth-order valence-corrected chi connectivity index (χ4v) is 2.13. The average Bonchev–Trinajstić information content (AvgIpc) is 2.49. The van der Waals surface area contributed by atoms with E-state index in [1.54, 1.807) is 12.1 Å². The Morgan fingerprint density at radius 1 is 1.24 bits per heavy atom. The van der Waals surface area contributed by atoms with Crippen LogP contribution in [-0.2, 0) is 13.1 Å². The maximum Gasteiger partial charge on any atom is 0.270 e. The summed E-state index contributed by atoms with van der Waals surface area (Å²) >= 11 is 6.02. The molecule has 21 heavy (non-hydrogen) atoms. The van der Waals surface area contributed by atoms with Gasteiger partial charge in [0.25, 0.3) is 5.69 Å². The number of hydrogen-bond donors (Lipinski definition) is 1. The molecule has 0 unspecified atom stereocenters. The molecular weight excluding hydrogens is 290 g/mol. The Morgan fingerprint density at radius 3 is 2.71 bits per heavy atom. The van der Waals surface area contributed by atoms with Crippen LogP contribution >= 0.6 is 11.6 Å². The van der Waals surface area contributed by atoms with Gasteiger partial charge in [-0.25, -0.2) is 0 Å². The van der Waals surface area contributed by atoms with Crippen LogP contribution in [0.3, 0.4) is 0 Å². The van der Waals surface area contributed by atoms with Gasteiger partial charge in [-0.3, -0.25) is 10.1 Å². The van der Waals surface area contributed by atoms with Crippen LogP contribution in [0.1, 0.15) is 16.7 Å². The molecule has 0 spiro atoms. The van der Waals surface area contributed by atoms with E-state index in [-0.39, 0.29) is 5.69 Å². The number of nitro benzene ring substituents is 1. The minimum atomic E-state index is -0.476. The minimum absolute atomic E-state index is 0.0227. The lowest BCUT2D eigenvalue weighted by Gasteiger charge is -2.07. The predicted molar refractivity (Wildman–Crippen MR) is 79.8 cm³/mol. The standard InChI is InChI=1S/C15H12ClN3O2/c16-15-7-14(19(20)21)5-4-13(15)10-18-9-12-3-1-2-11(6-12)8-17/h1-7,18H,9-10H2. The number of benzene rings is 2. The number of halogens is 1. The molecule has 0 radical (unpaired) electrons. The van der Waals surface area contributed by atoms with E-state index in [9.17, 15) is 10.1 Å². The molecule has 0 atom stereocenters. The molecule has 0 fully saturated rings. The van der Waals surface area contributed by atoms with E-state index in [0.717, 1.165) is 11.1 Å². The van der Waals surface area contributed by atoms with Gasteiger partial charge in [0, 0.05) is 25.2 Å². The van der Waals surface area contributed by atoms with Gasteiger partial charge in [-0.1, -0.05) is 23.7 Å². The van der Waals surface area contributed by atoms with E-state index >= 15 is 0 Å². The van der Waals surface area contributed by atoms with Crippen LogP contribution in [0.4, 0.5) is 5.69 Å². The third kappa shape index (κ3) is 4.02. The molecule has 106 valence electrons. The van der Waals surface area contributed by atoms with Crippen molar-refractivity contribution in [3.63, 3.8) is 0 Å². The summed E-state index contributed by atoms with van der Waals surface area (Å²) in [7, 11) is 0. The lowest BCUT2D eigenvalue weighted by atomic mass is 10.1. The number of non-ortho nitro benzene ring substituents is 1. The molecule has 0 aliphatic rings. The van der Waals surface area contributed by atoms with Crippen LogP contribution in [0.5, 0.6) is 0 Å². The summed E-state index contributed by atoms with van der Waals surface area (Å²) in [4.78, 5) is 10.2. The van der Waals surface area contributed by atoms with Crippen LogP contribution in [0.25, 0.3) is 0 Å². The molecule has 5 nitrogen and oxygen atoms in total. The molecule has 6 heteroatoms. The van der Waals surface area contributed by atoms with E-state index < -0.39 is 4.92 Å². The summed E-state index contributed by atoms with van der Waals surface area (Å²) in [6.07, 6.45) is 0. The van der Waals surface area contributed by atoms with Crippen molar-refractivity contribution in [2.45, 2.75) is 13.1 Å². The second-order valence-corrected chi connectivity index (χ2v) is 4.86. The van der Waals surface area contributed by atoms with E-state index in [1.165, 1.54) is 12.1 Å². The van der Waals surface area contributed by atoms with Crippen molar-refractivity contribution in [1.29, 1.82) is 5.26 Å². The third-order valence-corrected chi connectivity index (χ3v) is 3.30. The second kappa shape index (κ2) is 6.84. The summed E-state index contributed by atoms with van der Waals surface area (Å²) in [6, 6.07) is 13.8. The highest BCUT2D eigenvalue weighted by Crippen LogP contribution is 2.22. The number of nitriles is 1. The molecule has 0 bridgehead atoms. The zero-order valence-corrected chi connectivity index (χ0v) is 11.8. The molecule has 0 saturated carbocycles. The largest absolute Gasteiger partial charge is 0.309 e. The summed E-state index contributed by atoms with van der Waals surface area (Å²) in [5, 5.41) is 23.0. The van der Waals surface area contributed by atoms with Crippen LogP contribution in [0.2, 0.25) is 5.02 Å². The topological polar surface area (TPSA) is 79.0 Å². The van der Waals surface area contributed by atoms with E-state index in [0.29, 0.717) is 23.7 Å². The van der Waals surface area contributed by atoms with Crippen LogP contribution < -0.4 is 5.32 Å². The van der Waals surface area contributed by atoms with E-state index in [2.05, 4.69) is 11.4 Å². The van der Waals surface area contributed by atoms with Gasteiger partial charge in [0.15, 0.2) is 0 Å². The van der Waals surface area contributed by atoms with Crippen LogP contribution in [-0.4, -0.2) is 4.92 Å². The molecular formula is C15H12ClN3O2. The summed E-state index contributed by atoms with van der Waals surface area (Å²) in [6.45, 7) is 1.08. The van der Waals surface area contributed by atoms with Crippen LogP contribution in [0.15, 0.2) is 42.5 Å². The number of rotatable bonds is 5. The Kier molecular flexibility index (Phi) is 4.88. The maximum absolute atomic E-state index is 10.6. The highest BCUT2D eigenvalue weighted by Gasteiger charge is 2.09. The summed E-state index contributed by atoms with van der Waals surface area (Å²) in [5.41, 5.74) is 2.37. The van der Waals surface area contributed by atoms with Crippen molar-refractivity contribution in [1.82, 2.24) is 5.32 Å². The number of nitro groups is 1. The smallest absolute Gasteiger partial charge is 0.270 e. The number of hydrogen-bond acceptors (Lipinski definition) is 4. The van der Waals surface area contributed by atoms with Crippen molar-refractivity contribution in [2.24, 2.45) is 0 Å². The molecule has 2 rings (SSSR count). The highest BCUT2D eigenvalue weighted by atomic mass is 35.5. The first kappa shape index (κ1) is 15.0. The first-order valence-corrected chi connectivity index (χ1v) is 6.60. The molecule has 0 aromatic heterocycles. The first-order valence-electron chi connectivity index (χ1n) is 6.22. The van der Waals surface area contributed by atoms with E-state index in [1.807, 2.05) is 18.2 Å². The number of nitrogens with one attached hydrogen (secondary N) is 1. The molecule has 0 amide bonds. The molecule has 0 aliphatic heterocycles. The molecule has 1 N–H and O–H groups in total. The Bertz CT molecular complexity index is 710. The Hall–Kier alpha value is -2.42. The van der Waals surface area contributed by atoms with Crippen molar-refractivity contribution in [2.75, 3.05) is 0 Å². The van der Waals surface area contributed by atoms with Gasteiger partial charge < -0.3 is 5.32 Å². The lowest BCUT2D eigenvalue weighted by molar-refractivity contribution is -0.384. The average molecular weight is 302 g/mol. The quantitative estimate of drug-likeness (QED) is 0.678. The monoisotopic (exact) mass is 301 g/mol. The predicted octanol–water partition coefficient (Wildman–Crippen LogP) is 3.41. The normalized spacial score (nSPS) is 10.1. The first-order chi connectivity index (χ1) is 10.1. The van der Waals surface area contributed by atoms with Gasteiger partial charge in [0.1, 0.15) is 0 Å². The van der Waals surface area contributed by atoms with Crippen molar-refractivity contribution < 1.29 is 4.92 Å². The molecule has 0 saturated heterocycles. The Morgan fingerprint density at radius 2 is 2.05 bits per heavy atom. The van der Waals surface area contributed by atoms with Crippen molar-refractivity contribution >= 4 is 17.3 Å². The van der Waals surface area contributed by atoms with Gasteiger partial charge >= 0.3 is 0 Å². The van der Waals surface area contributed by atoms with Crippen molar-refractivity contribution in [3.05, 3.63) is 74.3 Å². The summed E-state index contributed by atoms with van der Waals surface area (Å²) in [5.74, 6) is 0. The van der Waals surface area contributed by atoms with E-state index in [4.69, 9.17) is 16.9 Å². The molecule has 2 aromatic carbocycles. The lowest BCUT2D eigenvalue weighted by Crippen LogP contribution is -2.13. The zero-order valence-electron chi connectivity index (χ0n) is 11.0. The molecule has 0 heterocycles. The van der Waals surface area contributed by atoms with Gasteiger partial charge in [0.05, 0.1) is 21.6 Å². The fraction of sp³-hybridized carbons (Fsp3) is 0.133. The zero-order chi connectivity index (χ0) is 15.2. The SMILES string of the molecule is N#Cc1cccc(CNCc2ccc([N+](=O)[O-])cc2Cl)c1. The summed E-state index contributed by atoms with van der Waals surface area (Å²) < 4.78 is 0. The Balaban J connectivity index is 1.97. The van der Waals surface area contributed by atoms with Gasteiger partial charge in [-0.15, -0.1) is 0 Å². The minimum Gasteiger partial charge on any atom is -0.309 e. The maximum atomic E-state index is 10.6. The highest BCUT2D eigenvalue weighted by molar-refractivity contribution is 6.31. The van der Waals surface area contributed by atoms with Gasteiger partial charge in [0.2, 0.25) is 0 Å². The third-order valence-electron chi connectivity index (χ3n) is 2.95. The van der Waals surface area contributed by atoms with Gasteiger partial charge in [-0.05, 0) is 29.3 Å². The fourth-order valence-electron chi connectivity index (χ4n) is 1.89. The second-order valence-electron chi connectivity index (χ2n) is 4.45. The Labute approximate surface area is 126 Å². The van der Waals surface area contributed by atoms with Crippen molar-refractivity contribution in [3.8, 4) is 6.07 Å². The molecule has 0 aliphatic carbocycles.